The molecule has 7 heteroatoms. The summed E-state index contributed by atoms with van der Waals surface area (Å²) in [4.78, 5) is 32.9. The Labute approximate surface area is 163 Å². The van der Waals surface area contributed by atoms with Crippen molar-refractivity contribution in [3.63, 3.8) is 0 Å². The van der Waals surface area contributed by atoms with Gasteiger partial charge < -0.3 is 9.64 Å². The monoisotopic (exact) mass is 387 g/mol. The van der Waals surface area contributed by atoms with Crippen molar-refractivity contribution < 1.29 is 14.3 Å². The number of ether oxygens (including phenoxy) is 1. The van der Waals surface area contributed by atoms with E-state index < -0.39 is 6.09 Å². The second-order valence-corrected chi connectivity index (χ2v) is 7.79. The van der Waals surface area contributed by atoms with Crippen LogP contribution in [0.25, 0.3) is 0 Å². The van der Waals surface area contributed by atoms with Gasteiger partial charge >= 0.3 is 6.09 Å². The molecule has 1 atom stereocenters. The molecule has 0 radical (unpaired) electrons. The maximum atomic E-state index is 12.5. The molecule has 27 heavy (non-hydrogen) atoms. The van der Waals surface area contributed by atoms with Crippen LogP contribution in [0.5, 0.6) is 0 Å². The molecule has 0 bridgehead atoms. The highest BCUT2D eigenvalue weighted by Crippen LogP contribution is 2.37. The number of carbonyl (C=O) groups is 2. The molecule has 0 spiro atoms. The summed E-state index contributed by atoms with van der Waals surface area (Å²) in [5.74, 6) is 0.319. The number of aryl methyl sites for hydroxylation is 1. The van der Waals surface area contributed by atoms with Crippen LogP contribution in [0.4, 0.5) is 9.93 Å². The second kappa shape index (κ2) is 8.52. The molecule has 2 aromatic rings. The molecule has 0 unspecified atom stereocenters. The zero-order chi connectivity index (χ0) is 19.4. The molecule has 0 aliphatic heterocycles. The molecule has 0 fully saturated rings. The Hall–Kier alpha value is -2.41. The fourth-order valence-electron chi connectivity index (χ4n) is 3.23. The summed E-state index contributed by atoms with van der Waals surface area (Å²) in [6, 6.07) is 10.6. The number of carbonyl (C=O) groups excluding carboxylic acids is 2. The van der Waals surface area contributed by atoms with Crippen LogP contribution < -0.4 is 4.90 Å². The van der Waals surface area contributed by atoms with E-state index in [2.05, 4.69) is 29.2 Å². The highest BCUT2D eigenvalue weighted by Gasteiger charge is 2.26. The van der Waals surface area contributed by atoms with Crippen molar-refractivity contribution in [3.8, 4) is 0 Å². The predicted octanol–water partition coefficient (Wildman–Crippen LogP) is 3.47. The number of fused-ring (bicyclic) bond motifs is 1. The molecule has 144 valence electrons. The summed E-state index contributed by atoms with van der Waals surface area (Å²) in [6.07, 6.45) is 2.46. The highest BCUT2D eigenvalue weighted by atomic mass is 32.1. The Kier molecular flexibility index (Phi) is 6.11. The van der Waals surface area contributed by atoms with Gasteiger partial charge in [0.2, 0.25) is 5.91 Å². The molecule has 0 saturated carbocycles. The van der Waals surface area contributed by atoms with Crippen molar-refractivity contribution in [3.05, 3.63) is 46.5 Å². The first kappa shape index (κ1) is 19.4. The summed E-state index contributed by atoms with van der Waals surface area (Å²) < 4.78 is 4.91. The van der Waals surface area contributed by atoms with Crippen LogP contribution in [-0.4, -0.2) is 49.1 Å². The van der Waals surface area contributed by atoms with Gasteiger partial charge in [-0.05, 0) is 37.7 Å². The standard InChI is InChI=1S/C20H25N3O3S/c1-4-26-20(25)22(2)13-18(24)23(3)19-21-16-11-10-15(12-17(16)27-19)14-8-6-5-7-9-14/h5-9,15H,4,10-13H2,1-3H3/t15-/m0/s1. The van der Waals surface area contributed by atoms with E-state index in [1.807, 2.05) is 6.07 Å². The zero-order valence-corrected chi connectivity index (χ0v) is 16.8. The Balaban J connectivity index is 1.66. The molecular formula is C20H25N3O3S. The van der Waals surface area contributed by atoms with Crippen molar-refractivity contribution in [2.75, 3.05) is 32.1 Å². The van der Waals surface area contributed by atoms with E-state index in [9.17, 15) is 9.59 Å². The number of benzene rings is 1. The SMILES string of the molecule is CCOC(=O)N(C)CC(=O)N(C)c1nc2c(s1)C[C@@H](c1ccccc1)CC2. The van der Waals surface area contributed by atoms with Gasteiger partial charge in [0, 0.05) is 19.0 Å². The molecule has 1 aromatic carbocycles. The lowest BCUT2D eigenvalue weighted by atomic mass is 9.85. The van der Waals surface area contributed by atoms with E-state index >= 15 is 0 Å². The molecule has 1 aliphatic carbocycles. The molecule has 0 saturated heterocycles. The Morgan fingerprint density at radius 1 is 1.26 bits per heavy atom. The molecule has 1 heterocycles. The van der Waals surface area contributed by atoms with Gasteiger partial charge in [0.15, 0.2) is 5.13 Å². The van der Waals surface area contributed by atoms with E-state index in [-0.39, 0.29) is 19.1 Å². The first-order chi connectivity index (χ1) is 13.0. The summed E-state index contributed by atoms with van der Waals surface area (Å²) in [5, 5.41) is 0.691. The van der Waals surface area contributed by atoms with Crippen molar-refractivity contribution in [1.29, 1.82) is 0 Å². The summed E-state index contributed by atoms with van der Waals surface area (Å²) in [5.41, 5.74) is 2.46. The maximum absolute atomic E-state index is 12.5. The summed E-state index contributed by atoms with van der Waals surface area (Å²) >= 11 is 1.58. The van der Waals surface area contributed by atoms with E-state index in [4.69, 9.17) is 4.74 Å². The van der Waals surface area contributed by atoms with Gasteiger partial charge in [-0.3, -0.25) is 9.69 Å². The van der Waals surface area contributed by atoms with E-state index in [0.29, 0.717) is 11.0 Å². The zero-order valence-electron chi connectivity index (χ0n) is 16.0. The quantitative estimate of drug-likeness (QED) is 0.788. The third-order valence-corrected chi connectivity index (χ3v) is 6.01. The van der Waals surface area contributed by atoms with E-state index in [0.717, 1.165) is 25.0 Å². The summed E-state index contributed by atoms with van der Waals surface area (Å²) in [6.45, 7) is 1.99. The van der Waals surface area contributed by atoms with Crippen LogP contribution >= 0.6 is 11.3 Å². The van der Waals surface area contributed by atoms with Crippen LogP contribution in [-0.2, 0) is 22.4 Å². The lowest BCUT2D eigenvalue weighted by Crippen LogP contribution is -2.39. The number of hydrogen-bond acceptors (Lipinski definition) is 5. The lowest BCUT2D eigenvalue weighted by Gasteiger charge is -2.21. The molecule has 3 rings (SSSR count). The van der Waals surface area contributed by atoms with Crippen molar-refractivity contribution >= 4 is 28.5 Å². The topological polar surface area (TPSA) is 62.7 Å². The van der Waals surface area contributed by atoms with Gasteiger partial charge in [-0.1, -0.05) is 30.3 Å². The molecule has 6 nitrogen and oxygen atoms in total. The molecule has 0 N–H and O–H groups in total. The third kappa shape index (κ3) is 4.47. The predicted molar refractivity (Wildman–Crippen MR) is 106 cm³/mol. The number of likely N-dealkylation sites (N-methyl/N-ethyl adjacent to an activating group) is 2. The van der Waals surface area contributed by atoms with Crippen LogP contribution in [0, 0.1) is 0 Å². The largest absolute Gasteiger partial charge is 0.450 e. The van der Waals surface area contributed by atoms with Gasteiger partial charge in [-0.25, -0.2) is 9.78 Å². The minimum atomic E-state index is -0.497. The first-order valence-electron chi connectivity index (χ1n) is 9.17. The minimum absolute atomic E-state index is 0.0355. The lowest BCUT2D eigenvalue weighted by molar-refractivity contribution is -0.119. The first-order valence-corrected chi connectivity index (χ1v) is 9.99. The highest BCUT2D eigenvalue weighted by molar-refractivity contribution is 7.16. The fraction of sp³-hybridized carbons (Fsp3) is 0.450. The van der Waals surface area contributed by atoms with Crippen molar-refractivity contribution in [2.24, 2.45) is 0 Å². The van der Waals surface area contributed by atoms with Crippen LogP contribution in [0.1, 0.15) is 35.4 Å². The van der Waals surface area contributed by atoms with Crippen LogP contribution in [0.3, 0.4) is 0 Å². The molecule has 1 aromatic heterocycles. The maximum Gasteiger partial charge on any atom is 0.409 e. The minimum Gasteiger partial charge on any atom is -0.450 e. The summed E-state index contributed by atoms with van der Waals surface area (Å²) in [7, 11) is 3.27. The number of rotatable bonds is 5. The number of hydrogen-bond donors (Lipinski definition) is 0. The number of nitrogens with zero attached hydrogens (tertiary/aromatic N) is 3. The molecule has 2 amide bonds. The Bertz CT molecular complexity index is 806. The second-order valence-electron chi connectivity index (χ2n) is 6.72. The number of anilines is 1. The molecular weight excluding hydrogens is 362 g/mol. The normalized spacial score (nSPS) is 15.7. The van der Waals surface area contributed by atoms with Crippen LogP contribution in [0.15, 0.2) is 30.3 Å². The van der Waals surface area contributed by atoms with E-state index in [1.165, 1.54) is 20.2 Å². The number of aromatic nitrogens is 1. The fourth-order valence-corrected chi connectivity index (χ4v) is 4.39. The van der Waals surface area contributed by atoms with Gasteiger partial charge in [-0.15, -0.1) is 11.3 Å². The van der Waals surface area contributed by atoms with E-state index in [1.54, 1.807) is 32.4 Å². The Morgan fingerprint density at radius 2 is 2.00 bits per heavy atom. The van der Waals surface area contributed by atoms with Crippen molar-refractivity contribution in [2.45, 2.75) is 32.1 Å². The average molecular weight is 388 g/mol. The average Bonchev–Trinajstić information content (AvgIpc) is 3.11. The van der Waals surface area contributed by atoms with Gasteiger partial charge in [-0.2, -0.15) is 0 Å². The van der Waals surface area contributed by atoms with Gasteiger partial charge in [0.25, 0.3) is 0 Å². The Morgan fingerprint density at radius 3 is 2.70 bits per heavy atom. The number of thiazole rings is 1. The van der Waals surface area contributed by atoms with Gasteiger partial charge in [0.1, 0.15) is 6.54 Å². The van der Waals surface area contributed by atoms with Crippen LogP contribution in [0.2, 0.25) is 0 Å². The smallest absolute Gasteiger partial charge is 0.409 e. The van der Waals surface area contributed by atoms with Gasteiger partial charge in [0.05, 0.1) is 12.3 Å². The molecule has 1 aliphatic rings. The third-order valence-electron chi connectivity index (χ3n) is 4.81. The van der Waals surface area contributed by atoms with Crippen molar-refractivity contribution in [1.82, 2.24) is 9.88 Å². The number of amides is 2.